The third-order valence-corrected chi connectivity index (χ3v) is 4.13. The van der Waals surface area contributed by atoms with E-state index < -0.39 is 0 Å². The number of anilines is 1. The normalized spacial score (nSPS) is 16.2. The Morgan fingerprint density at radius 1 is 1.10 bits per heavy atom. The molecule has 1 fully saturated rings. The standard InChI is InChI=1S/C16H17ClFN3/c17-16-6-1-13(11-19-16)12-20-7-9-21(10-8-20)15-4-2-14(18)3-5-15/h1-6,11H,7-10,12H2/p+1. The molecule has 0 atom stereocenters. The number of piperazine rings is 1. The van der Waals surface area contributed by atoms with Gasteiger partial charge in [-0.1, -0.05) is 11.6 Å². The lowest BCUT2D eigenvalue weighted by Crippen LogP contribution is -3.13. The van der Waals surface area contributed by atoms with Gasteiger partial charge in [-0.25, -0.2) is 9.37 Å². The van der Waals surface area contributed by atoms with E-state index in [0.717, 1.165) is 38.4 Å². The number of nitrogens with zero attached hydrogens (tertiary/aromatic N) is 2. The maximum absolute atomic E-state index is 12.9. The van der Waals surface area contributed by atoms with Crippen LogP contribution in [0.3, 0.4) is 0 Å². The lowest BCUT2D eigenvalue weighted by atomic mass is 10.2. The average Bonchev–Trinajstić information content (AvgIpc) is 2.51. The fraction of sp³-hybridized carbons (Fsp3) is 0.312. The Morgan fingerprint density at radius 3 is 2.43 bits per heavy atom. The number of hydrogen-bond acceptors (Lipinski definition) is 2. The molecule has 3 rings (SSSR count). The van der Waals surface area contributed by atoms with Crippen molar-refractivity contribution in [2.45, 2.75) is 6.54 Å². The van der Waals surface area contributed by atoms with Crippen LogP contribution in [0.5, 0.6) is 0 Å². The van der Waals surface area contributed by atoms with Crippen LogP contribution < -0.4 is 9.80 Å². The third-order valence-electron chi connectivity index (χ3n) is 3.91. The van der Waals surface area contributed by atoms with Crippen LogP contribution in [-0.2, 0) is 6.54 Å². The predicted octanol–water partition coefficient (Wildman–Crippen LogP) is 1.78. The molecular weight excluding hydrogens is 289 g/mol. The molecule has 110 valence electrons. The van der Waals surface area contributed by atoms with Crippen LogP contribution in [0.4, 0.5) is 10.1 Å². The first-order valence-electron chi connectivity index (χ1n) is 7.15. The van der Waals surface area contributed by atoms with Gasteiger partial charge >= 0.3 is 0 Å². The maximum Gasteiger partial charge on any atom is 0.129 e. The van der Waals surface area contributed by atoms with E-state index in [2.05, 4.69) is 9.88 Å². The second-order valence-electron chi connectivity index (χ2n) is 5.38. The second-order valence-corrected chi connectivity index (χ2v) is 5.77. The van der Waals surface area contributed by atoms with Crippen LogP contribution in [0.25, 0.3) is 0 Å². The van der Waals surface area contributed by atoms with Crippen molar-refractivity contribution in [1.29, 1.82) is 0 Å². The van der Waals surface area contributed by atoms with Crippen molar-refractivity contribution in [1.82, 2.24) is 4.98 Å². The Morgan fingerprint density at radius 2 is 1.81 bits per heavy atom. The van der Waals surface area contributed by atoms with Gasteiger partial charge in [-0.05, 0) is 36.4 Å². The van der Waals surface area contributed by atoms with Crippen molar-refractivity contribution in [2.24, 2.45) is 0 Å². The summed E-state index contributed by atoms with van der Waals surface area (Å²) in [5.74, 6) is -0.182. The van der Waals surface area contributed by atoms with Gasteiger partial charge in [0.25, 0.3) is 0 Å². The summed E-state index contributed by atoms with van der Waals surface area (Å²) in [7, 11) is 0. The van der Waals surface area contributed by atoms with Gasteiger partial charge in [0.1, 0.15) is 17.5 Å². The largest absolute Gasteiger partial charge is 0.360 e. The van der Waals surface area contributed by atoms with E-state index in [0.29, 0.717) is 5.15 Å². The van der Waals surface area contributed by atoms with E-state index in [1.54, 1.807) is 0 Å². The number of rotatable bonds is 3. The summed E-state index contributed by atoms with van der Waals surface area (Å²) in [5.41, 5.74) is 2.31. The lowest BCUT2D eigenvalue weighted by Gasteiger charge is -2.33. The molecule has 0 aliphatic carbocycles. The summed E-state index contributed by atoms with van der Waals surface area (Å²) in [6.07, 6.45) is 1.85. The number of aromatic nitrogens is 1. The van der Waals surface area contributed by atoms with E-state index in [9.17, 15) is 4.39 Å². The molecule has 5 heteroatoms. The summed E-state index contributed by atoms with van der Waals surface area (Å²) in [4.78, 5) is 7.97. The molecule has 0 unspecified atom stereocenters. The van der Waals surface area contributed by atoms with Crippen LogP contribution in [0.2, 0.25) is 5.15 Å². The van der Waals surface area contributed by atoms with Crippen LogP contribution in [0, 0.1) is 5.82 Å². The number of hydrogen-bond donors (Lipinski definition) is 1. The van der Waals surface area contributed by atoms with Gasteiger partial charge in [-0.3, -0.25) is 0 Å². The molecule has 0 saturated carbocycles. The SMILES string of the molecule is Fc1ccc(N2CC[NH+](Cc3ccc(Cl)nc3)CC2)cc1. The Labute approximate surface area is 129 Å². The summed E-state index contributed by atoms with van der Waals surface area (Å²) in [6, 6.07) is 10.6. The topological polar surface area (TPSA) is 20.6 Å². The molecule has 0 spiro atoms. The fourth-order valence-electron chi connectivity index (χ4n) is 2.71. The Hall–Kier alpha value is -1.65. The molecular formula is C16H18ClFN3+. The number of nitrogens with one attached hydrogen (secondary N) is 1. The highest BCUT2D eigenvalue weighted by Crippen LogP contribution is 2.14. The van der Waals surface area contributed by atoms with Gasteiger partial charge in [0.05, 0.1) is 26.2 Å². The van der Waals surface area contributed by atoms with Crippen LogP contribution in [0.1, 0.15) is 5.56 Å². The zero-order valence-corrected chi connectivity index (χ0v) is 12.5. The molecule has 1 aromatic carbocycles. The predicted molar refractivity (Wildman–Crippen MR) is 82.3 cm³/mol. The van der Waals surface area contributed by atoms with Crippen molar-refractivity contribution in [3.63, 3.8) is 0 Å². The first-order valence-corrected chi connectivity index (χ1v) is 7.53. The van der Waals surface area contributed by atoms with Crippen molar-refractivity contribution in [3.8, 4) is 0 Å². The molecule has 1 aliphatic rings. The number of benzene rings is 1. The van der Waals surface area contributed by atoms with Gasteiger partial charge in [0.2, 0.25) is 0 Å². The second kappa shape index (κ2) is 6.41. The van der Waals surface area contributed by atoms with Gasteiger partial charge in [0.15, 0.2) is 0 Å². The summed E-state index contributed by atoms with van der Waals surface area (Å²) < 4.78 is 12.9. The molecule has 2 aromatic rings. The molecule has 0 radical (unpaired) electrons. The van der Waals surface area contributed by atoms with E-state index >= 15 is 0 Å². The fourth-order valence-corrected chi connectivity index (χ4v) is 2.82. The first kappa shape index (κ1) is 14.3. The minimum Gasteiger partial charge on any atom is -0.360 e. The molecule has 3 nitrogen and oxygen atoms in total. The Kier molecular flexibility index (Phi) is 4.36. The molecule has 1 aromatic heterocycles. The smallest absolute Gasteiger partial charge is 0.129 e. The zero-order chi connectivity index (χ0) is 14.7. The van der Waals surface area contributed by atoms with Crippen LogP contribution >= 0.6 is 11.6 Å². The van der Waals surface area contributed by atoms with E-state index in [4.69, 9.17) is 11.6 Å². The van der Waals surface area contributed by atoms with Crippen molar-refractivity contribution < 1.29 is 9.29 Å². The molecule has 0 amide bonds. The first-order chi connectivity index (χ1) is 10.2. The molecule has 1 aliphatic heterocycles. The molecule has 21 heavy (non-hydrogen) atoms. The molecule has 2 heterocycles. The Balaban J connectivity index is 1.55. The number of pyridine rings is 1. The molecule has 0 bridgehead atoms. The average molecular weight is 307 g/mol. The highest BCUT2D eigenvalue weighted by atomic mass is 35.5. The number of quaternary nitrogens is 1. The molecule has 1 N–H and O–H groups in total. The third kappa shape index (κ3) is 3.71. The van der Waals surface area contributed by atoms with Gasteiger partial charge in [-0.2, -0.15) is 0 Å². The highest BCUT2D eigenvalue weighted by Gasteiger charge is 2.20. The van der Waals surface area contributed by atoms with E-state index in [1.807, 2.05) is 30.5 Å². The van der Waals surface area contributed by atoms with E-state index in [-0.39, 0.29) is 5.82 Å². The zero-order valence-electron chi connectivity index (χ0n) is 11.7. The number of halogens is 2. The van der Waals surface area contributed by atoms with Crippen molar-refractivity contribution >= 4 is 17.3 Å². The minimum absolute atomic E-state index is 0.182. The van der Waals surface area contributed by atoms with Crippen molar-refractivity contribution in [2.75, 3.05) is 31.1 Å². The Bertz CT molecular complexity index is 577. The van der Waals surface area contributed by atoms with Crippen LogP contribution in [0.15, 0.2) is 42.6 Å². The van der Waals surface area contributed by atoms with Gasteiger partial charge < -0.3 is 9.80 Å². The van der Waals surface area contributed by atoms with Gasteiger partial charge in [-0.15, -0.1) is 0 Å². The highest BCUT2D eigenvalue weighted by molar-refractivity contribution is 6.29. The molecule has 1 saturated heterocycles. The van der Waals surface area contributed by atoms with Crippen molar-refractivity contribution in [3.05, 3.63) is 59.1 Å². The van der Waals surface area contributed by atoms with Crippen LogP contribution in [-0.4, -0.2) is 31.2 Å². The van der Waals surface area contributed by atoms with E-state index in [1.165, 1.54) is 22.6 Å². The minimum atomic E-state index is -0.182. The monoisotopic (exact) mass is 306 g/mol. The maximum atomic E-state index is 12.9. The summed E-state index contributed by atoms with van der Waals surface area (Å²) >= 11 is 5.80. The summed E-state index contributed by atoms with van der Waals surface area (Å²) in [6.45, 7) is 5.09. The summed E-state index contributed by atoms with van der Waals surface area (Å²) in [5, 5.41) is 0.537. The van der Waals surface area contributed by atoms with Gasteiger partial charge in [0, 0.05) is 17.4 Å². The quantitative estimate of drug-likeness (QED) is 0.873. The lowest BCUT2D eigenvalue weighted by molar-refractivity contribution is -0.914.